The van der Waals surface area contributed by atoms with Crippen LogP contribution in [0.15, 0.2) is 42.5 Å². The van der Waals surface area contributed by atoms with Crippen LogP contribution in [0.1, 0.15) is 50.6 Å². The number of amides is 1. The highest BCUT2D eigenvalue weighted by atomic mass is 16.6. The van der Waals surface area contributed by atoms with Crippen LogP contribution < -0.4 is 4.74 Å². The van der Waals surface area contributed by atoms with Gasteiger partial charge in [-0.3, -0.25) is 14.7 Å². The monoisotopic (exact) mass is 541 g/mol. The van der Waals surface area contributed by atoms with Crippen molar-refractivity contribution in [2.45, 2.75) is 59.2 Å². The Morgan fingerprint density at radius 2 is 1.80 bits per heavy atom. The van der Waals surface area contributed by atoms with Crippen LogP contribution in [0, 0.1) is 35.3 Å². The van der Waals surface area contributed by atoms with E-state index in [0.29, 0.717) is 54.0 Å². The lowest BCUT2D eigenvalue weighted by atomic mass is 10.0. The molecule has 1 amide bonds. The molecule has 1 aliphatic rings. The predicted octanol–water partition coefficient (Wildman–Crippen LogP) is 6.35. The molecule has 4 aromatic rings. The summed E-state index contributed by atoms with van der Waals surface area (Å²) in [6.07, 6.45) is 0.364. The number of hydrogen-bond donors (Lipinski definition) is 0. The molecule has 10 heteroatoms. The van der Waals surface area contributed by atoms with Crippen LogP contribution in [0.2, 0.25) is 0 Å². The van der Waals surface area contributed by atoms with Crippen LogP contribution in [0.25, 0.3) is 27.5 Å². The highest BCUT2D eigenvalue weighted by Gasteiger charge is 2.32. The molecule has 0 unspecified atom stereocenters. The van der Waals surface area contributed by atoms with Crippen LogP contribution in [-0.4, -0.2) is 50.3 Å². The largest absolute Gasteiger partial charge is 0.483 e. The quantitative estimate of drug-likeness (QED) is 0.218. The number of piperidine rings is 1. The van der Waals surface area contributed by atoms with Crippen molar-refractivity contribution in [3.8, 4) is 17.5 Å². The maximum atomic E-state index is 12.6. The number of carbonyl (C=O) groups is 1. The first-order chi connectivity index (χ1) is 19.0. The number of imidazole rings is 1. The molecule has 0 spiro atoms. The van der Waals surface area contributed by atoms with Crippen LogP contribution in [0.5, 0.6) is 5.75 Å². The second-order valence-electron chi connectivity index (χ2n) is 11.1. The van der Waals surface area contributed by atoms with E-state index in [-0.39, 0.29) is 23.6 Å². The highest BCUT2D eigenvalue weighted by Crippen LogP contribution is 2.41. The third-order valence-corrected chi connectivity index (χ3v) is 7.06. The van der Waals surface area contributed by atoms with E-state index in [9.17, 15) is 20.2 Å². The van der Waals surface area contributed by atoms with Crippen molar-refractivity contribution in [1.82, 2.24) is 14.5 Å². The number of nitriles is 1. The fraction of sp³-hybridized carbons (Fsp3) is 0.367. The molecule has 2 heterocycles. The number of nitro groups is 1. The Morgan fingerprint density at radius 1 is 1.12 bits per heavy atom. The molecular formula is C30H31N5O5. The van der Waals surface area contributed by atoms with E-state index in [1.807, 2.05) is 58.9 Å². The Morgan fingerprint density at radius 3 is 2.42 bits per heavy atom. The van der Waals surface area contributed by atoms with Gasteiger partial charge < -0.3 is 14.4 Å². The molecule has 206 valence electrons. The maximum Gasteiger partial charge on any atom is 0.410 e. The van der Waals surface area contributed by atoms with Gasteiger partial charge >= 0.3 is 11.8 Å². The van der Waals surface area contributed by atoms with Gasteiger partial charge in [0.05, 0.1) is 27.8 Å². The molecule has 1 aliphatic heterocycles. The van der Waals surface area contributed by atoms with Gasteiger partial charge in [0.15, 0.2) is 11.3 Å². The van der Waals surface area contributed by atoms with E-state index in [1.54, 1.807) is 27.7 Å². The van der Waals surface area contributed by atoms with Crippen molar-refractivity contribution in [3.63, 3.8) is 0 Å². The molecule has 1 aromatic heterocycles. The minimum atomic E-state index is -0.584. The summed E-state index contributed by atoms with van der Waals surface area (Å²) < 4.78 is 13.5. The van der Waals surface area contributed by atoms with Crippen molar-refractivity contribution >= 4 is 33.6 Å². The zero-order chi connectivity index (χ0) is 28.8. The molecule has 0 saturated carbocycles. The molecule has 10 nitrogen and oxygen atoms in total. The van der Waals surface area contributed by atoms with E-state index in [0.717, 1.165) is 16.3 Å². The zero-order valence-electron chi connectivity index (χ0n) is 23.2. The molecule has 3 aromatic carbocycles. The molecule has 0 aliphatic carbocycles. The van der Waals surface area contributed by atoms with Gasteiger partial charge in [-0.1, -0.05) is 24.3 Å². The molecule has 0 bridgehead atoms. The standard InChI is InChI=1S/C30H31N5O5/c1-18-16-25(39-21-12-14-33(15-13-21)29(36)40-30(3,4)5)27(35(37)38)28-26(18)32-19(2)34(28)24-11-10-20(17-31)22-8-6-7-9-23(22)24/h6-11,16,21H,12-15H2,1-5H3. The van der Waals surface area contributed by atoms with Crippen LogP contribution in [0.4, 0.5) is 10.5 Å². The van der Waals surface area contributed by atoms with Crippen LogP contribution >= 0.6 is 0 Å². The average molecular weight is 542 g/mol. The summed E-state index contributed by atoms with van der Waals surface area (Å²) in [6, 6.07) is 14.9. The van der Waals surface area contributed by atoms with Gasteiger partial charge in [-0.15, -0.1) is 0 Å². The molecule has 0 radical (unpaired) electrons. The first-order valence-electron chi connectivity index (χ1n) is 13.2. The number of ether oxygens (including phenoxy) is 2. The summed E-state index contributed by atoms with van der Waals surface area (Å²) in [4.78, 5) is 31.0. The van der Waals surface area contributed by atoms with Gasteiger partial charge in [0.2, 0.25) is 0 Å². The summed E-state index contributed by atoms with van der Waals surface area (Å²) in [7, 11) is 0. The number of rotatable bonds is 4. The minimum Gasteiger partial charge on any atom is -0.483 e. The average Bonchev–Trinajstić information content (AvgIpc) is 3.24. The number of hydrogen-bond acceptors (Lipinski definition) is 7. The number of fused-ring (bicyclic) bond motifs is 2. The van der Waals surface area contributed by atoms with Crippen molar-refractivity contribution in [2.24, 2.45) is 0 Å². The maximum absolute atomic E-state index is 12.6. The fourth-order valence-corrected chi connectivity index (χ4v) is 5.27. The number of aryl methyl sites for hydroxylation is 2. The van der Waals surface area contributed by atoms with Gasteiger partial charge in [-0.05, 0) is 58.4 Å². The number of likely N-dealkylation sites (tertiary alicyclic amines) is 1. The summed E-state index contributed by atoms with van der Waals surface area (Å²) >= 11 is 0. The number of nitro benzene ring substituents is 1. The summed E-state index contributed by atoms with van der Waals surface area (Å²) in [5, 5.41) is 23.8. The van der Waals surface area contributed by atoms with Crippen LogP contribution in [-0.2, 0) is 4.74 Å². The smallest absolute Gasteiger partial charge is 0.410 e. The topological polar surface area (TPSA) is 124 Å². The number of nitrogens with zero attached hydrogens (tertiary/aromatic N) is 5. The van der Waals surface area contributed by atoms with Crippen molar-refractivity contribution < 1.29 is 19.2 Å². The van der Waals surface area contributed by atoms with Gasteiger partial charge in [0.25, 0.3) is 0 Å². The Bertz CT molecular complexity index is 1690. The first-order valence-corrected chi connectivity index (χ1v) is 13.2. The van der Waals surface area contributed by atoms with Gasteiger partial charge in [-0.25, -0.2) is 9.78 Å². The van der Waals surface area contributed by atoms with E-state index in [1.165, 1.54) is 0 Å². The minimum absolute atomic E-state index is 0.163. The Kier molecular flexibility index (Phi) is 6.84. The van der Waals surface area contributed by atoms with E-state index in [4.69, 9.17) is 14.5 Å². The molecular weight excluding hydrogens is 510 g/mol. The number of carbonyl (C=O) groups excluding carboxylic acids is 1. The molecule has 40 heavy (non-hydrogen) atoms. The molecule has 0 atom stereocenters. The molecule has 5 rings (SSSR count). The first kappa shape index (κ1) is 26.9. The zero-order valence-corrected chi connectivity index (χ0v) is 23.2. The summed E-state index contributed by atoms with van der Waals surface area (Å²) in [5.74, 6) is 0.753. The normalized spacial score (nSPS) is 14.3. The highest BCUT2D eigenvalue weighted by molar-refractivity contribution is 5.99. The fourth-order valence-electron chi connectivity index (χ4n) is 5.27. The second-order valence-corrected chi connectivity index (χ2v) is 11.1. The van der Waals surface area contributed by atoms with Gasteiger partial charge in [-0.2, -0.15) is 5.26 Å². The summed E-state index contributed by atoms with van der Waals surface area (Å²) in [6.45, 7) is 10.0. The third-order valence-electron chi connectivity index (χ3n) is 7.06. The Labute approximate surface area is 231 Å². The lowest BCUT2D eigenvalue weighted by molar-refractivity contribution is -0.384. The molecule has 1 saturated heterocycles. The van der Waals surface area contributed by atoms with Crippen molar-refractivity contribution in [2.75, 3.05) is 13.1 Å². The SMILES string of the molecule is Cc1cc(OC2CCN(C(=O)OC(C)(C)C)CC2)c([N+](=O)[O-])c2c1nc(C)n2-c1ccc(C#N)c2ccccc12. The Hall–Kier alpha value is -4.65. The van der Waals surface area contributed by atoms with Crippen LogP contribution in [0.3, 0.4) is 0 Å². The van der Waals surface area contributed by atoms with E-state index >= 15 is 0 Å². The molecule has 1 fully saturated rings. The predicted molar refractivity (Wildman–Crippen MR) is 151 cm³/mol. The van der Waals surface area contributed by atoms with Gasteiger partial charge in [0, 0.05) is 36.7 Å². The lowest BCUT2D eigenvalue weighted by Gasteiger charge is -2.33. The van der Waals surface area contributed by atoms with Crippen molar-refractivity contribution in [3.05, 3.63) is 69.5 Å². The number of benzene rings is 3. The third kappa shape index (κ3) is 4.91. The lowest BCUT2D eigenvalue weighted by Crippen LogP contribution is -2.44. The molecule has 0 N–H and O–H groups in total. The second kappa shape index (κ2) is 10.2. The van der Waals surface area contributed by atoms with E-state index < -0.39 is 10.5 Å². The van der Waals surface area contributed by atoms with E-state index in [2.05, 4.69) is 6.07 Å². The van der Waals surface area contributed by atoms with Crippen molar-refractivity contribution in [1.29, 1.82) is 5.26 Å². The number of aromatic nitrogens is 2. The van der Waals surface area contributed by atoms with Gasteiger partial charge in [0.1, 0.15) is 17.5 Å². The summed E-state index contributed by atoms with van der Waals surface area (Å²) in [5.41, 5.74) is 2.09. The Balaban J connectivity index is 1.56.